The molecule has 0 spiro atoms. The molecule has 0 saturated carbocycles. The second kappa shape index (κ2) is 6.72. The van der Waals surface area contributed by atoms with Crippen molar-refractivity contribution < 1.29 is 4.74 Å². The summed E-state index contributed by atoms with van der Waals surface area (Å²) in [5.74, 6) is 0.914. The van der Waals surface area contributed by atoms with Gasteiger partial charge in [-0.1, -0.05) is 24.3 Å². The molecule has 0 aliphatic carbocycles. The van der Waals surface area contributed by atoms with Crippen LogP contribution in [0.4, 0.5) is 0 Å². The van der Waals surface area contributed by atoms with Crippen LogP contribution < -0.4 is 10.1 Å². The lowest BCUT2D eigenvalue weighted by molar-refractivity contribution is 0.295. The number of aromatic nitrogens is 1. The summed E-state index contributed by atoms with van der Waals surface area (Å²) in [7, 11) is 0. The molecule has 2 rings (SSSR count). The molecule has 0 atom stereocenters. The number of nitrogens with one attached hydrogen (secondary N) is 1. The van der Waals surface area contributed by atoms with Gasteiger partial charge in [0.15, 0.2) is 0 Å². The van der Waals surface area contributed by atoms with E-state index in [2.05, 4.69) is 37.1 Å². The van der Waals surface area contributed by atoms with Gasteiger partial charge in [-0.3, -0.25) is 4.98 Å². The Morgan fingerprint density at radius 3 is 2.52 bits per heavy atom. The van der Waals surface area contributed by atoms with Gasteiger partial charge in [0, 0.05) is 23.3 Å². The number of rotatable bonds is 5. The molecule has 112 valence electrons. The van der Waals surface area contributed by atoms with Gasteiger partial charge in [0.25, 0.3) is 0 Å². The molecule has 21 heavy (non-hydrogen) atoms. The molecule has 3 heteroatoms. The Bertz CT molecular complexity index is 588. The largest absolute Gasteiger partial charge is 0.487 e. The third kappa shape index (κ3) is 5.20. The zero-order valence-corrected chi connectivity index (χ0v) is 13.3. The molecule has 0 radical (unpaired) electrons. The van der Waals surface area contributed by atoms with Crippen LogP contribution in [0.2, 0.25) is 0 Å². The fourth-order valence-corrected chi connectivity index (χ4v) is 1.98. The third-order valence-electron chi connectivity index (χ3n) is 3.10. The Hall–Kier alpha value is -1.87. The lowest BCUT2D eigenvalue weighted by atomic mass is 10.1. The van der Waals surface area contributed by atoms with Crippen molar-refractivity contribution in [2.75, 3.05) is 0 Å². The molecular formula is C18H24N2O. The van der Waals surface area contributed by atoms with Gasteiger partial charge in [-0.15, -0.1) is 0 Å². The fraction of sp³-hybridized carbons (Fsp3) is 0.389. The second-order valence-electron chi connectivity index (χ2n) is 6.27. The highest BCUT2D eigenvalue weighted by atomic mass is 16.5. The van der Waals surface area contributed by atoms with Gasteiger partial charge >= 0.3 is 0 Å². The number of para-hydroxylation sites is 1. The quantitative estimate of drug-likeness (QED) is 0.905. The summed E-state index contributed by atoms with van der Waals surface area (Å²) in [6, 6.07) is 14.1. The molecule has 1 aromatic heterocycles. The number of nitrogens with zero attached hydrogens (tertiary/aromatic N) is 1. The van der Waals surface area contributed by atoms with E-state index in [-0.39, 0.29) is 5.54 Å². The lowest BCUT2D eigenvalue weighted by Gasteiger charge is -2.21. The van der Waals surface area contributed by atoms with E-state index in [1.165, 1.54) is 5.56 Å². The van der Waals surface area contributed by atoms with Gasteiger partial charge in [-0.25, -0.2) is 0 Å². The zero-order valence-electron chi connectivity index (χ0n) is 13.3. The van der Waals surface area contributed by atoms with Gasteiger partial charge < -0.3 is 10.1 Å². The highest BCUT2D eigenvalue weighted by Gasteiger charge is 2.10. The Labute approximate surface area is 127 Å². The number of hydrogen-bond acceptors (Lipinski definition) is 3. The fourth-order valence-electron chi connectivity index (χ4n) is 1.98. The maximum absolute atomic E-state index is 5.94. The van der Waals surface area contributed by atoms with E-state index in [9.17, 15) is 0 Å². The Balaban J connectivity index is 2.03. The maximum atomic E-state index is 5.94. The number of pyridine rings is 1. The average molecular weight is 284 g/mol. The van der Waals surface area contributed by atoms with Crippen LogP contribution in [0.15, 0.2) is 42.5 Å². The molecule has 0 bridgehead atoms. The first kappa shape index (κ1) is 15.5. The van der Waals surface area contributed by atoms with E-state index < -0.39 is 0 Å². The molecule has 1 N–H and O–H groups in total. The molecular weight excluding hydrogens is 260 g/mol. The molecule has 0 aliphatic rings. The van der Waals surface area contributed by atoms with Gasteiger partial charge in [-0.05, 0) is 45.9 Å². The van der Waals surface area contributed by atoms with E-state index in [1.807, 2.05) is 43.3 Å². The van der Waals surface area contributed by atoms with Gasteiger partial charge in [-0.2, -0.15) is 0 Å². The van der Waals surface area contributed by atoms with Crippen molar-refractivity contribution in [2.24, 2.45) is 0 Å². The predicted molar refractivity (Wildman–Crippen MR) is 86.3 cm³/mol. The topological polar surface area (TPSA) is 34.1 Å². The van der Waals surface area contributed by atoms with Crippen LogP contribution in [-0.2, 0) is 13.2 Å². The van der Waals surface area contributed by atoms with E-state index in [0.29, 0.717) is 6.61 Å². The molecule has 0 fully saturated rings. The number of aryl methyl sites for hydroxylation is 1. The molecule has 3 nitrogen and oxygen atoms in total. The number of benzene rings is 1. The molecule has 2 aromatic rings. The van der Waals surface area contributed by atoms with Crippen molar-refractivity contribution in [2.45, 2.75) is 46.4 Å². The van der Waals surface area contributed by atoms with Crippen molar-refractivity contribution in [1.82, 2.24) is 10.3 Å². The number of ether oxygens (including phenoxy) is 1. The van der Waals surface area contributed by atoms with Crippen molar-refractivity contribution in [3.8, 4) is 5.75 Å². The van der Waals surface area contributed by atoms with Crippen molar-refractivity contribution >= 4 is 0 Å². The van der Waals surface area contributed by atoms with E-state index in [4.69, 9.17) is 4.74 Å². The normalized spacial score (nSPS) is 11.4. The summed E-state index contributed by atoms with van der Waals surface area (Å²) in [6.07, 6.45) is 0. The SMILES string of the molecule is Cc1cccc(COc2ccccc2CNC(C)(C)C)n1. The van der Waals surface area contributed by atoms with E-state index in [0.717, 1.165) is 23.7 Å². The average Bonchev–Trinajstić information content (AvgIpc) is 2.43. The Kier molecular flexibility index (Phi) is 4.97. The molecule has 0 amide bonds. The van der Waals surface area contributed by atoms with Crippen LogP contribution in [0, 0.1) is 6.92 Å². The molecule has 0 aliphatic heterocycles. The summed E-state index contributed by atoms with van der Waals surface area (Å²) in [5.41, 5.74) is 3.22. The minimum absolute atomic E-state index is 0.0885. The number of hydrogen-bond donors (Lipinski definition) is 1. The minimum Gasteiger partial charge on any atom is -0.487 e. The monoisotopic (exact) mass is 284 g/mol. The first-order chi connectivity index (χ1) is 9.94. The van der Waals surface area contributed by atoms with E-state index in [1.54, 1.807) is 0 Å². The third-order valence-corrected chi connectivity index (χ3v) is 3.10. The van der Waals surface area contributed by atoms with Gasteiger partial charge in [0.1, 0.15) is 12.4 Å². The predicted octanol–water partition coefficient (Wildman–Crippen LogP) is 3.86. The lowest BCUT2D eigenvalue weighted by Crippen LogP contribution is -2.35. The standard InChI is InChI=1S/C18H24N2O/c1-14-8-7-10-16(20-14)13-21-17-11-6-5-9-15(17)12-19-18(2,3)4/h5-11,19H,12-13H2,1-4H3. The van der Waals surface area contributed by atoms with Crippen LogP contribution in [0.3, 0.4) is 0 Å². The van der Waals surface area contributed by atoms with E-state index >= 15 is 0 Å². The second-order valence-corrected chi connectivity index (χ2v) is 6.27. The van der Waals surface area contributed by atoms with Crippen LogP contribution >= 0.6 is 0 Å². The summed E-state index contributed by atoms with van der Waals surface area (Å²) < 4.78 is 5.94. The summed E-state index contributed by atoms with van der Waals surface area (Å²) >= 11 is 0. The van der Waals surface area contributed by atoms with Crippen molar-refractivity contribution in [3.05, 3.63) is 59.4 Å². The smallest absolute Gasteiger partial charge is 0.130 e. The Morgan fingerprint density at radius 2 is 1.81 bits per heavy atom. The summed E-state index contributed by atoms with van der Waals surface area (Å²) in [6.45, 7) is 9.76. The molecule has 0 saturated heterocycles. The summed E-state index contributed by atoms with van der Waals surface area (Å²) in [4.78, 5) is 4.46. The van der Waals surface area contributed by atoms with Crippen LogP contribution in [0.5, 0.6) is 5.75 Å². The molecule has 1 aromatic carbocycles. The summed E-state index contributed by atoms with van der Waals surface area (Å²) in [5, 5.41) is 3.49. The Morgan fingerprint density at radius 1 is 1.05 bits per heavy atom. The van der Waals surface area contributed by atoms with Crippen molar-refractivity contribution in [3.63, 3.8) is 0 Å². The highest BCUT2D eigenvalue weighted by Crippen LogP contribution is 2.19. The molecule has 1 heterocycles. The minimum atomic E-state index is 0.0885. The highest BCUT2D eigenvalue weighted by molar-refractivity contribution is 5.33. The first-order valence-electron chi connectivity index (χ1n) is 7.32. The first-order valence-corrected chi connectivity index (χ1v) is 7.32. The van der Waals surface area contributed by atoms with Gasteiger partial charge in [0.2, 0.25) is 0 Å². The maximum Gasteiger partial charge on any atom is 0.130 e. The molecule has 0 unspecified atom stereocenters. The van der Waals surface area contributed by atoms with Crippen LogP contribution in [0.1, 0.15) is 37.7 Å². The zero-order chi connectivity index (χ0) is 15.3. The van der Waals surface area contributed by atoms with Crippen LogP contribution in [0.25, 0.3) is 0 Å². The van der Waals surface area contributed by atoms with Crippen LogP contribution in [-0.4, -0.2) is 10.5 Å². The van der Waals surface area contributed by atoms with Crippen molar-refractivity contribution in [1.29, 1.82) is 0 Å². The van der Waals surface area contributed by atoms with Gasteiger partial charge in [0.05, 0.1) is 5.69 Å².